The first-order valence-electron chi connectivity index (χ1n) is 46.2. The molecule has 6 fully saturated rings. The molecule has 0 aliphatic carbocycles. The third-order valence-corrected chi connectivity index (χ3v) is 52.9. The summed E-state index contributed by atoms with van der Waals surface area (Å²) in [6, 6.07) is 4.89. The van der Waals surface area contributed by atoms with Gasteiger partial charge in [-0.05, 0) is 136 Å². The van der Waals surface area contributed by atoms with Gasteiger partial charge in [-0.15, -0.1) is 0 Å². The minimum absolute atomic E-state index is 0.00231. The topological polar surface area (TPSA) is 236 Å². The number of fused-ring (bicyclic) bond motifs is 8. The first-order chi connectivity index (χ1) is 55.6. The minimum Gasteiger partial charge on any atom is -0.462 e. The molecule has 2 spiro atoms. The van der Waals surface area contributed by atoms with Gasteiger partial charge in [0.2, 0.25) is 0 Å². The molecule has 0 unspecified atom stereocenters. The Bertz CT molecular complexity index is 3430. The monoisotopic (exact) mass is 1770 g/mol. The third kappa shape index (κ3) is 26.3. The van der Waals surface area contributed by atoms with Crippen LogP contribution >= 0.6 is 0 Å². The highest BCUT2D eigenvalue weighted by atomic mass is 28.4. The Morgan fingerprint density at radius 3 is 1.77 bits per heavy atom. The van der Waals surface area contributed by atoms with Crippen LogP contribution < -0.4 is 0 Å². The zero-order valence-electron chi connectivity index (χ0n) is 80.4. The number of methoxy groups -OCH3 is 2. The lowest BCUT2D eigenvalue weighted by Gasteiger charge is -2.56. The van der Waals surface area contributed by atoms with E-state index in [9.17, 15) is 14.7 Å². The van der Waals surface area contributed by atoms with E-state index >= 15 is 9.59 Å². The Kier molecular flexibility index (Phi) is 36.7. The van der Waals surface area contributed by atoms with E-state index in [1.54, 1.807) is 20.3 Å². The fourth-order valence-corrected chi connectivity index (χ4v) is 29.3. The molecule has 7 aliphatic rings. The highest BCUT2D eigenvalue weighted by molar-refractivity contribution is 6.75. The summed E-state index contributed by atoms with van der Waals surface area (Å²) in [4.78, 5) is 58.0. The van der Waals surface area contributed by atoms with Gasteiger partial charge >= 0.3 is 17.9 Å². The van der Waals surface area contributed by atoms with Crippen molar-refractivity contribution in [3.05, 3.63) is 61.3 Å². The summed E-state index contributed by atoms with van der Waals surface area (Å²) in [5.74, 6) is -8.29. The molecule has 0 aromatic carbocycles. The van der Waals surface area contributed by atoms with Gasteiger partial charge in [0.1, 0.15) is 36.3 Å². The molecule has 7 aliphatic heterocycles. The predicted octanol–water partition coefficient (Wildman–Crippen LogP) is 21.1. The zero-order valence-corrected chi connectivity index (χ0v) is 85.4. The molecule has 0 saturated carbocycles. The summed E-state index contributed by atoms with van der Waals surface area (Å²) < 4.78 is 116. The third-order valence-electron chi connectivity index (χ3n) is 30.0. The van der Waals surface area contributed by atoms with E-state index in [2.05, 4.69) is 176 Å². The molecule has 6 saturated heterocycles. The van der Waals surface area contributed by atoms with Crippen molar-refractivity contribution in [1.29, 1.82) is 0 Å². The van der Waals surface area contributed by atoms with Crippen molar-refractivity contribution >= 4 is 65.3 Å². The van der Waals surface area contributed by atoms with E-state index in [1.807, 2.05) is 32.9 Å². The fraction of sp³-hybridized carbons (Fsp3) is 0.851. The van der Waals surface area contributed by atoms with Crippen molar-refractivity contribution in [2.24, 2.45) is 23.7 Å². The molecule has 0 radical (unpaired) electrons. The number of aliphatic hydroxyl groups excluding tert-OH is 1. The number of allylic oxidation sites excluding steroid dienone is 3. The maximum absolute atomic E-state index is 15.8. The van der Waals surface area contributed by atoms with Gasteiger partial charge < -0.3 is 79.3 Å². The van der Waals surface area contributed by atoms with Gasteiger partial charge in [-0.2, -0.15) is 0 Å². The van der Waals surface area contributed by atoms with Crippen LogP contribution in [-0.4, -0.2) is 205 Å². The molecule has 0 aromatic heterocycles. The van der Waals surface area contributed by atoms with Crippen LogP contribution in [0.15, 0.2) is 61.3 Å². The molecule has 0 aromatic rings. The molecule has 7 heterocycles. The minimum atomic E-state index is -2.76. The van der Waals surface area contributed by atoms with Crippen LogP contribution in [0.5, 0.6) is 0 Å². The molecule has 690 valence electrons. The molecule has 21 nitrogen and oxygen atoms in total. The zero-order chi connectivity index (χ0) is 90.1. The molecule has 1 N–H and O–H groups in total. The van der Waals surface area contributed by atoms with Crippen molar-refractivity contribution < 1.29 is 98.5 Å². The molecule has 0 amide bonds. The van der Waals surface area contributed by atoms with Crippen molar-refractivity contribution in [2.75, 3.05) is 14.2 Å². The van der Waals surface area contributed by atoms with E-state index in [-0.39, 0.29) is 103 Å². The Labute approximate surface area is 731 Å². The summed E-state index contributed by atoms with van der Waals surface area (Å²) in [7, 11) is -9.08. The average molecular weight is 1770 g/mol. The Hall–Kier alpha value is -2.70. The Morgan fingerprint density at radius 2 is 1.21 bits per heavy atom. The highest BCUT2D eigenvalue weighted by Gasteiger charge is 2.63. The summed E-state index contributed by atoms with van der Waals surface area (Å²) in [5, 5.41) is 13.0. The number of hydrogen-bond acceptors (Lipinski definition) is 21. The lowest BCUT2D eigenvalue weighted by Crippen LogP contribution is -2.69. The van der Waals surface area contributed by atoms with E-state index in [4.69, 9.17) is 87.4 Å². The van der Waals surface area contributed by atoms with Crippen molar-refractivity contribution in [1.82, 2.24) is 0 Å². The van der Waals surface area contributed by atoms with Gasteiger partial charge in [0.05, 0.1) is 85.1 Å². The van der Waals surface area contributed by atoms with Crippen LogP contribution in [0.4, 0.5) is 0 Å². The summed E-state index contributed by atoms with van der Waals surface area (Å²) >= 11 is 0. The maximum Gasteiger partial charge on any atom is 0.308 e. The predicted molar refractivity (Wildman–Crippen MR) is 488 cm³/mol. The van der Waals surface area contributed by atoms with Gasteiger partial charge in [-0.1, -0.05) is 193 Å². The molecule has 7 rings (SSSR count). The molecule has 26 heteroatoms. The smallest absolute Gasteiger partial charge is 0.308 e. The van der Waals surface area contributed by atoms with Gasteiger partial charge in [0, 0.05) is 110 Å². The van der Waals surface area contributed by atoms with Gasteiger partial charge in [-0.3, -0.25) is 19.2 Å². The number of hydrogen-bond donors (Lipinski definition) is 1. The number of ketones is 1. The fourth-order valence-electron chi connectivity index (χ4n) is 19.3. The van der Waals surface area contributed by atoms with Gasteiger partial charge in [0.25, 0.3) is 0 Å². The van der Waals surface area contributed by atoms with Crippen LogP contribution in [0.2, 0.25) is 90.7 Å². The Balaban J connectivity index is 1.45. The van der Waals surface area contributed by atoms with Gasteiger partial charge in [-0.25, -0.2) is 0 Å². The highest BCUT2D eigenvalue weighted by Crippen LogP contribution is 2.54. The number of rotatable bonds is 26. The lowest BCUT2D eigenvalue weighted by molar-refractivity contribution is -0.354. The molecule has 10 bridgehead atoms. The van der Waals surface area contributed by atoms with Crippen LogP contribution in [0.1, 0.15) is 261 Å². The number of esters is 3. The van der Waals surface area contributed by atoms with E-state index in [0.29, 0.717) is 63.4 Å². The van der Waals surface area contributed by atoms with Crippen LogP contribution in [-0.2, 0) is 93.4 Å². The second-order valence-electron chi connectivity index (χ2n) is 42.1. The first-order valence-corrected chi connectivity index (χ1v) is 59.9. The maximum atomic E-state index is 15.8. The summed E-state index contributed by atoms with van der Waals surface area (Å²) in [6.07, 6.45) is 4.07. The standard InChI is InChI=1S/C94H168O21Si5/c1-34-41-45-71(111-116(28,29)88(16,17)18)48-62(8)49-80-83(99)85-67(13)86(104-80)87(114-119(35-2,36-3)37-4)94(101-27)60-81(113-118(32,33)90(22,23)24)66(12)79(110-94)47-44-42-43-46-70-51-77(112-117(30,31)89(19,20)21)59-92(106-70)57-74(100-26)52-72(107-92)54-78(97)65(11)84(103-69(15)96)64(10)63(9)50-76-56-91(25,115-120(38-5,39-6)40-7)61-93(109-76)58-75(102-68(14)95)53-73(108-93)55-82(98)105-85/h34,41,43,45-46,64-67,70-77,79-81,83-87,99H,1,8-9,35-40,42,44,47-61H2,2-7,10-33H3/b45-41+,46-43?/t64-,65-,66+,67-,70+,71-,72+,73-,74+,75+,76+,77+,79-,80-,81+,83-,84+,85-,86-,87+,91+,92+,93-,94-/m1/s1. The number of Topliss-reactive ketones (excluding diaryl/α,β-unsaturated/α-hetero) is 1. The van der Waals surface area contributed by atoms with E-state index in [0.717, 1.165) is 41.8 Å². The number of carbonyl (C=O) groups is 4. The van der Waals surface area contributed by atoms with Crippen LogP contribution in [0.25, 0.3) is 0 Å². The SMILES string of the molecule is C=C/C=C/[C@H](CC(=C)C[C@H]1O[C@@H]2[C@H](C)[C@@H](OC(=O)C[C@H]3C[C@H](OC(C)=O)C[C@@]4(C[C@@](C)(O[Si](CC)(CC)CC)C[C@H](CC(=C)[C@@H](C)[C@H](OC(C)=O)[C@H](C)C(=O)C[C@@H]5C[C@H](OC)C[C@@]6(C[C@@H](O[Si](C)(C)C(C)(C)C)C[C@H](C=CCCC[C@H]7O[C@](OC)(C[C@H](O[Si](C)(C)C(C)(C)C)[C@H]7C)[C@H]2O[Si](CC)(CC)CC)O6)O5)O4)O3)[C@@H]1O)O[Si](C)(C)C(C)(C)C. The molecular formula is C94H168O21Si5. The van der Waals surface area contributed by atoms with Gasteiger partial charge in [0.15, 0.2) is 58.9 Å². The van der Waals surface area contributed by atoms with Crippen molar-refractivity contribution in [2.45, 2.75) is 473 Å². The largest absolute Gasteiger partial charge is 0.462 e. The number of carbonyl (C=O) groups excluding carboxylic acids is 4. The summed E-state index contributed by atoms with van der Waals surface area (Å²) in [6.45, 7) is 73.3. The van der Waals surface area contributed by atoms with Crippen LogP contribution in [0.3, 0.4) is 0 Å². The second-order valence-corrected chi connectivity index (χ2v) is 65.8. The molecule has 120 heavy (non-hydrogen) atoms. The summed E-state index contributed by atoms with van der Waals surface area (Å²) in [5.41, 5.74) is 0.564. The number of aliphatic hydroxyl groups is 1. The second kappa shape index (κ2) is 42.3. The Morgan fingerprint density at radius 1 is 0.650 bits per heavy atom. The van der Waals surface area contributed by atoms with Crippen molar-refractivity contribution in [3.63, 3.8) is 0 Å². The van der Waals surface area contributed by atoms with E-state index < -0.39 is 173 Å². The normalized spacial score (nSPS) is 36.0. The quantitative estimate of drug-likeness (QED) is 0.0278. The van der Waals surface area contributed by atoms with E-state index in [1.165, 1.54) is 13.8 Å². The molecular weight excluding hydrogens is 1610 g/mol. The van der Waals surface area contributed by atoms with Crippen LogP contribution in [0, 0.1) is 23.7 Å². The first kappa shape index (κ1) is 104. The average Bonchev–Trinajstić information content (AvgIpc) is 0.724. The lowest BCUT2D eigenvalue weighted by atomic mass is 9.78. The van der Waals surface area contributed by atoms with Crippen molar-refractivity contribution in [3.8, 4) is 0 Å². The molecule has 24 atom stereocenters. The number of ether oxygens (including phenoxy) is 11.